The van der Waals surface area contributed by atoms with Gasteiger partial charge in [0.2, 0.25) is 5.91 Å². The van der Waals surface area contributed by atoms with E-state index in [1.807, 2.05) is 17.5 Å². The Kier molecular flexibility index (Phi) is 5.61. The third kappa shape index (κ3) is 5.50. The van der Waals surface area contributed by atoms with Crippen molar-refractivity contribution in [1.82, 2.24) is 5.32 Å². The first kappa shape index (κ1) is 15.0. The average Bonchev–Trinajstić information content (AvgIpc) is 2.77. The third-order valence-corrected chi connectivity index (χ3v) is 3.21. The number of amides is 1. The van der Waals surface area contributed by atoms with E-state index in [2.05, 4.69) is 5.32 Å². The summed E-state index contributed by atoms with van der Waals surface area (Å²) in [7, 11) is 0. The molecule has 1 amide bonds. The maximum absolute atomic E-state index is 11.9. The van der Waals surface area contributed by atoms with Gasteiger partial charge in [0.1, 0.15) is 0 Å². The fourth-order valence-corrected chi connectivity index (χ4v) is 2.04. The van der Waals surface area contributed by atoms with Gasteiger partial charge in [-0.1, -0.05) is 6.07 Å². The first-order valence-corrected chi connectivity index (χ1v) is 6.31. The molecule has 1 rings (SSSR count). The molecule has 0 aliphatic rings. The van der Waals surface area contributed by atoms with Crippen LogP contribution in [-0.4, -0.2) is 29.8 Å². The highest BCUT2D eigenvalue weighted by Crippen LogP contribution is 2.19. The number of carbonyl (C=O) groups excluding carboxylic acids is 1. The standard InChI is InChI=1S/C11H14F3NO2S/c12-11(13,14)9(16)7-15-10(17)5-1-3-8-4-2-6-18-8/h2,4,6,9,16H,1,3,5,7H2,(H,15,17). The van der Waals surface area contributed by atoms with Gasteiger partial charge in [-0.25, -0.2) is 0 Å². The zero-order valence-electron chi connectivity index (χ0n) is 9.54. The molecule has 0 fully saturated rings. The third-order valence-electron chi connectivity index (χ3n) is 2.28. The normalized spacial score (nSPS) is 13.3. The lowest BCUT2D eigenvalue weighted by atomic mass is 10.2. The van der Waals surface area contributed by atoms with Crippen molar-refractivity contribution in [3.8, 4) is 0 Å². The number of thiophene rings is 1. The van der Waals surface area contributed by atoms with Crippen LogP contribution in [0.5, 0.6) is 0 Å². The Labute approximate surface area is 107 Å². The summed E-state index contributed by atoms with van der Waals surface area (Å²) in [4.78, 5) is 12.4. The predicted molar refractivity (Wildman–Crippen MR) is 62.3 cm³/mol. The van der Waals surface area contributed by atoms with Crippen LogP contribution in [0.1, 0.15) is 17.7 Å². The van der Waals surface area contributed by atoms with E-state index in [0.29, 0.717) is 6.42 Å². The number of alkyl halides is 3. The van der Waals surface area contributed by atoms with Gasteiger partial charge in [0.15, 0.2) is 6.10 Å². The van der Waals surface area contributed by atoms with E-state index in [1.165, 1.54) is 0 Å². The number of aryl methyl sites for hydroxylation is 1. The van der Waals surface area contributed by atoms with Crippen LogP contribution in [0.4, 0.5) is 13.2 Å². The number of carbonyl (C=O) groups is 1. The minimum atomic E-state index is -4.69. The molecule has 1 aromatic heterocycles. The number of hydrogen-bond acceptors (Lipinski definition) is 3. The highest BCUT2D eigenvalue weighted by Gasteiger charge is 2.38. The lowest BCUT2D eigenvalue weighted by molar-refractivity contribution is -0.201. The molecule has 0 spiro atoms. The van der Waals surface area contributed by atoms with Crippen LogP contribution in [-0.2, 0) is 11.2 Å². The fraction of sp³-hybridized carbons (Fsp3) is 0.545. The molecule has 0 aliphatic carbocycles. The van der Waals surface area contributed by atoms with Crippen LogP contribution in [0, 0.1) is 0 Å². The van der Waals surface area contributed by atoms with Gasteiger partial charge < -0.3 is 10.4 Å². The summed E-state index contributed by atoms with van der Waals surface area (Å²) in [6, 6.07) is 3.84. The van der Waals surface area contributed by atoms with E-state index < -0.39 is 24.7 Å². The molecule has 2 N–H and O–H groups in total. The minimum absolute atomic E-state index is 0.155. The molecule has 18 heavy (non-hydrogen) atoms. The zero-order chi connectivity index (χ0) is 13.6. The Morgan fingerprint density at radius 1 is 1.50 bits per heavy atom. The van der Waals surface area contributed by atoms with Crippen LogP contribution in [0.15, 0.2) is 17.5 Å². The number of aliphatic hydroxyl groups excluding tert-OH is 1. The van der Waals surface area contributed by atoms with Gasteiger partial charge in [-0.05, 0) is 24.3 Å². The fourth-order valence-electron chi connectivity index (χ4n) is 1.29. The molecule has 1 aromatic rings. The van der Waals surface area contributed by atoms with E-state index in [4.69, 9.17) is 5.11 Å². The number of hydrogen-bond donors (Lipinski definition) is 2. The van der Waals surface area contributed by atoms with Gasteiger partial charge in [0.25, 0.3) is 0 Å². The first-order valence-electron chi connectivity index (χ1n) is 5.43. The van der Waals surface area contributed by atoms with Gasteiger partial charge in [0, 0.05) is 11.3 Å². The molecule has 0 radical (unpaired) electrons. The van der Waals surface area contributed by atoms with E-state index in [-0.39, 0.29) is 6.42 Å². The monoisotopic (exact) mass is 281 g/mol. The molecule has 102 valence electrons. The highest BCUT2D eigenvalue weighted by molar-refractivity contribution is 7.09. The average molecular weight is 281 g/mol. The summed E-state index contributed by atoms with van der Waals surface area (Å²) >= 11 is 1.58. The second-order valence-electron chi connectivity index (χ2n) is 3.79. The second kappa shape index (κ2) is 6.75. The van der Waals surface area contributed by atoms with Gasteiger partial charge >= 0.3 is 6.18 Å². The Morgan fingerprint density at radius 2 is 2.22 bits per heavy atom. The summed E-state index contributed by atoms with van der Waals surface area (Å²) in [6.45, 7) is -0.790. The summed E-state index contributed by atoms with van der Waals surface area (Å²) < 4.78 is 35.8. The van der Waals surface area contributed by atoms with Crippen molar-refractivity contribution >= 4 is 17.2 Å². The lowest BCUT2D eigenvalue weighted by Gasteiger charge is -2.14. The van der Waals surface area contributed by atoms with Crippen LogP contribution < -0.4 is 5.32 Å². The molecule has 0 saturated heterocycles. The molecule has 1 unspecified atom stereocenters. The van der Waals surface area contributed by atoms with Crippen molar-refractivity contribution in [2.75, 3.05) is 6.54 Å². The maximum atomic E-state index is 11.9. The van der Waals surface area contributed by atoms with Crippen molar-refractivity contribution in [2.24, 2.45) is 0 Å². The van der Waals surface area contributed by atoms with Crippen molar-refractivity contribution < 1.29 is 23.1 Å². The van der Waals surface area contributed by atoms with Gasteiger partial charge in [0.05, 0.1) is 6.54 Å². The van der Waals surface area contributed by atoms with Crippen molar-refractivity contribution in [3.63, 3.8) is 0 Å². The van der Waals surface area contributed by atoms with Crippen molar-refractivity contribution in [1.29, 1.82) is 0 Å². The molecule has 0 aliphatic heterocycles. The van der Waals surface area contributed by atoms with E-state index >= 15 is 0 Å². The van der Waals surface area contributed by atoms with Gasteiger partial charge in [-0.15, -0.1) is 11.3 Å². The first-order chi connectivity index (χ1) is 8.39. The molecule has 0 aromatic carbocycles. The van der Waals surface area contributed by atoms with Crippen LogP contribution in [0.25, 0.3) is 0 Å². The number of rotatable bonds is 6. The molecule has 0 saturated carbocycles. The van der Waals surface area contributed by atoms with E-state index in [9.17, 15) is 18.0 Å². The number of nitrogens with one attached hydrogen (secondary N) is 1. The molecule has 0 bridgehead atoms. The Bertz CT molecular complexity index is 365. The summed E-state index contributed by atoms with van der Waals surface area (Å²) in [5.74, 6) is -0.477. The summed E-state index contributed by atoms with van der Waals surface area (Å²) in [5, 5.41) is 12.7. The number of halogens is 3. The van der Waals surface area contributed by atoms with Crippen LogP contribution >= 0.6 is 11.3 Å². The van der Waals surface area contributed by atoms with Crippen molar-refractivity contribution in [3.05, 3.63) is 22.4 Å². The topological polar surface area (TPSA) is 49.3 Å². The molecule has 1 atom stereocenters. The van der Waals surface area contributed by atoms with E-state index in [1.54, 1.807) is 11.3 Å². The molecule has 3 nitrogen and oxygen atoms in total. The largest absolute Gasteiger partial charge is 0.416 e. The molecular formula is C11H14F3NO2S. The number of aliphatic hydroxyl groups is 1. The van der Waals surface area contributed by atoms with Crippen molar-refractivity contribution in [2.45, 2.75) is 31.5 Å². The SMILES string of the molecule is O=C(CCCc1cccs1)NCC(O)C(F)(F)F. The predicted octanol–water partition coefficient (Wildman–Crippen LogP) is 2.11. The quantitative estimate of drug-likeness (QED) is 0.839. The molecule has 7 heteroatoms. The Hall–Kier alpha value is -1.08. The lowest BCUT2D eigenvalue weighted by Crippen LogP contribution is -2.40. The van der Waals surface area contributed by atoms with Gasteiger partial charge in [-0.2, -0.15) is 13.2 Å². The van der Waals surface area contributed by atoms with Gasteiger partial charge in [-0.3, -0.25) is 4.79 Å². The summed E-state index contributed by atoms with van der Waals surface area (Å²) in [6.07, 6.45) is -5.73. The zero-order valence-corrected chi connectivity index (χ0v) is 10.4. The van der Waals surface area contributed by atoms with E-state index in [0.717, 1.165) is 11.3 Å². The minimum Gasteiger partial charge on any atom is -0.382 e. The Balaban J connectivity index is 2.14. The molecular weight excluding hydrogens is 267 g/mol. The smallest absolute Gasteiger partial charge is 0.382 e. The maximum Gasteiger partial charge on any atom is 0.416 e. The summed E-state index contributed by atoms with van der Waals surface area (Å²) in [5.41, 5.74) is 0. The van der Waals surface area contributed by atoms with Crippen LogP contribution in [0.2, 0.25) is 0 Å². The second-order valence-corrected chi connectivity index (χ2v) is 4.83. The molecule has 1 heterocycles. The Morgan fingerprint density at radius 3 is 2.78 bits per heavy atom. The van der Waals surface area contributed by atoms with Crippen LogP contribution in [0.3, 0.4) is 0 Å². The highest BCUT2D eigenvalue weighted by atomic mass is 32.1.